The molecule has 40 heavy (non-hydrogen) atoms. The van der Waals surface area contributed by atoms with E-state index in [2.05, 4.69) is 102 Å². The SMILES string of the molecule is CC(C)[Si](OC[C@@H]([C@@H](C=O)OCc1ccccc1)N(Cc1ccccc1)[C@@H](C)c1ccccc1)(C(C)C)C(C)C. The van der Waals surface area contributed by atoms with E-state index >= 15 is 0 Å². The van der Waals surface area contributed by atoms with Gasteiger partial charge in [0, 0.05) is 12.6 Å². The number of carbonyl (C=O) groups is 1. The van der Waals surface area contributed by atoms with Crippen molar-refractivity contribution in [2.24, 2.45) is 0 Å². The Balaban J connectivity index is 2.04. The van der Waals surface area contributed by atoms with Gasteiger partial charge in [0.05, 0.1) is 19.3 Å². The number of aldehydes is 1. The predicted molar refractivity (Wildman–Crippen MR) is 169 cm³/mol. The van der Waals surface area contributed by atoms with Crippen molar-refractivity contribution in [1.82, 2.24) is 4.90 Å². The first-order chi connectivity index (χ1) is 19.2. The van der Waals surface area contributed by atoms with Crippen LogP contribution in [-0.4, -0.2) is 38.3 Å². The lowest BCUT2D eigenvalue weighted by molar-refractivity contribution is -0.127. The molecule has 5 heteroatoms. The van der Waals surface area contributed by atoms with Gasteiger partial charge in [-0.05, 0) is 40.2 Å². The Morgan fingerprint density at radius 3 is 1.65 bits per heavy atom. The highest BCUT2D eigenvalue weighted by Gasteiger charge is 2.46. The van der Waals surface area contributed by atoms with E-state index < -0.39 is 14.4 Å². The highest BCUT2D eigenvalue weighted by atomic mass is 28.4. The second-order valence-electron chi connectivity index (χ2n) is 11.8. The second kappa shape index (κ2) is 15.4. The Labute approximate surface area is 243 Å². The summed E-state index contributed by atoms with van der Waals surface area (Å²) in [6.45, 7) is 17.6. The Morgan fingerprint density at radius 1 is 0.700 bits per heavy atom. The normalized spacial score (nSPS) is 14.6. The van der Waals surface area contributed by atoms with E-state index in [1.54, 1.807) is 0 Å². The molecule has 3 aromatic rings. The molecule has 0 saturated heterocycles. The fourth-order valence-electron chi connectivity index (χ4n) is 6.38. The molecule has 3 rings (SSSR count). The van der Waals surface area contributed by atoms with Gasteiger partial charge in [0.1, 0.15) is 12.4 Å². The second-order valence-corrected chi connectivity index (χ2v) is 17.3. The van der Waals surface area contributed by atoms with Crippen molar-refractivity contribution in [1.29, 1.82) is 0 Å². The van der Waals surface area contributed by atoms with Crippen molar-refractivity contribution in [2.75, 3.05) is 6.61 Å². The van der Waals surface area contributed by atoms with Crippen LogP contribution in [0.2, 0.25) is 16.6 Å². The average Bonchev–Trinajstić information content (AvgIpc) is 2.96. The fourth-order valence-corrected chi connectivity index (χ4v) is 11.8. The summed E-state index contributed by atoms with van der Waals surface area (Å²) in [6.07, 6.45) is 0.337. The van der Waals surface area contributed by atoms with E-state index in [0.717, 1.165) is 11.8 Å². The third-order valence-electron chi connectivity index (χ3n) is 8.42. The van der Waals surface area contributed by atoms with Crippen LogP contribution in [0.25, 0.3) is 0 Å². The van der Waals surface area contributed by atoms with Gasteiger partial charge in [-0.15, -0.1) is 0 Å². The van der Waals surface area contributed by atoms with Gasteiger partial charge < -0.3 is 14.0 Å². The molecule has 216 valence electrons. The van der Waals surface area contributed by atoms with E-state index in [1.807, 2.05) is 42.5 Å². The molecule has 0 fully saturated rings. The van der Waals surface area contributed by atoms with Crippen molar-refractivity contribution >= 4 is 14.6 Å². The zero-order chi connectivity index (χ0) is 29.1. The molecule has 3 atom stereocenters. The smallest absolute Gasteiger partial charge is 0.200 e. The predicted octanol–water partition coefficient (Wildman–Crippen LogP) is 8.59. The van der Waals surface area contributed by atoms with Gasteiger partial charge in [-0.1, -0.05) is 133 Å². The Kier molecular flexibility index (Phi) is 12.3. The highest BCUT2D eigenvalue weighted by Crippen LogP contribution is 2.43. The molecular formula is C35H49NO3Si. The first-order valence-electron chi connectivity index (χ1n) is 14.8. The Morgan fingerprint density at radius 2 is 1.18 bits per heavy atom. The van der Waals surface area contributed by atoms with Gasteiger partial charge in [-0.3, -0.25) is 4.90 Å². The molecule has 3 aromatic carbocycles. The van der Waals surface area contributed by atoms with Crippen LogP contribution in [0, 0.1) is 0 Å². The molecule has 0 saturated carbocycles. The topological polar surface area (TPSA) is 38.8 Å². The van der Waals surface area contributed by atoms with Gasteiger partial charge in [0.2, 0.25) is 0 Å². The molecule has 0 aliphatic rings. The number of benzene rings is 3. The van der Waals surface area contributed by atoms with Crippen LogP contribution in [0.5, 0.6) is 0 Å². The molecule has 0 N–H and O–H groups in total. The fraction of sp³-hybridized carbons (Fsp3) is 0.457. The molecule has 4 nitrogen and oxygen atoms in total. The third-order valence-corrected chi connectivity index (χ3v) is 14.5. The van der Waals surface area contributed by atoms with Crippen molar-refractivity contribution in [2.45, 2.75) is 96.4 Å². The van der Waals surface area contributed by atoms with Crippen molar-refractivity contribution in [3.05, 3.63) is 108 Å². The minimum absolute atomic E-state index is 0.0472. The van der Waals surface area contributed by atoms with Crippen LogP contribution in [-0.2, 0) is 27.1 Å². The number of hydrogen-bond acceptors (Lipinski definition) is 4. The standard InChI is InChI=1S/C35H49NO3Si/c1-27(2)40(28(3)4,29(5)6)39-26-34(35(24-37)38-25-32-19-13-9-14-20-32)36(23-31-17-11-8-12-18-31)30(7)33-21-15-10-16-22-33/h8-22,24,27-30,34-35H,23,25-26H2,1-7H3/t30-,34-,35+/m0/s1. The number of hydrogen-bond donors (Lipinski definition) is 0. The zero-order valence-corrected chi connectivity index (χ0v) is 26.5. The average molecular weight is 560 g/mol. The number of carbonyl (C=O) groups excluding carboxylic acids is 1. The van der Waals surface area contributed by atoms with E-state index in [-0.39, 0.29) is 12.1 Å². The van der Waals surface area contributed by atoms with Gasteiger partial charge in [0.15, 0.2) is 8.32 Å². The van der Waals surface area contributed by atoms with E-state index in [0.29, 0.717) is 36.4 Å². The van der Waals surface area contributed by atoms with Gasteiger partial charge in [-0.25, -0.2) is 0 Å². The summed E-state index contributed by atoms with van der Waals surface area (Å²) in [5.74, 6) is 0. The maximum atomic E-state index is 12.8. The lowest BCUT2D eigenvalue weighted by Crippen LogP contribution is -2.54. The summed E-state index contributed by atoms with van der Waals surface area (Å²) in [7, 11) is -2.19. The molecule has 0 spiro atoms. The molecule has 0 aromatic heterocycles. The monoisotopic (exact) mass is 559 g/mol. The molecule has 0 bridgehead atoms. The minimum atomic E-state index is -2.19. The maximum absolute atomic E-state index is 12.8. The summed E-state index contributed by atoms with van der Waals surface area (Å²) < 4.78 is 13.6. The largest absolute Gasteiger partial charge is 0.414 e. The van der Waals surface area contributed by atoms with Crippen molar-refractivity contribution < 1.29 is 14.0 Å². The summed E-state index contributed by atoms with van der Waals surface area (Å²) in [4.78, 5) is 15.2. The highest BCUT2D eigenvalue weighted by molar-refractivity contribution is 6.77. The Hall–Kier alpha value is -2.57. The van der Waals surface area contributed by atoms with Gasteiger partial charge in [0.25, 0.3) is 0 Å². The lowest BCUT2D eigenvalue weighted by atomic mass is 10.0. The quantitative estimate of drug-likeness (QED) is 0.130. The van der Waals surface area contributed by atoms with Crippen LogP contribution in [0.15, 0.2) is 91.0 Å². The first kappa shape index (κ1) is 31.9. The van der Waals surface area contributed by atoms with Gasteiger partial charge in [-0.2, -0.15) is 0 Å². The van der Waals surface area contributed by atoms with Gasteiger partial charge >= 0.3 is 0 Å². The minimum Gasteiger partial charge on any atom is -0.414 e. The molecule has 0 aliphatic carbocycles. The molecule has 0 heterocycles. The molecule has 0 aliphatic heterocycles. The van der Waals surface area contributed by atoms with E-state index in [1.165, 1.54) is 11.1 Å². The number of nitrogens with zero attached hydrogens (tertiary/aromatic N) is 1. The van der Waals surface area contributed by atoms with Crippen LogP contribution in [0.1, 0.15) is 71.2 Å². The van der Waals surface area contributed by atoms with Crippen LogP contribution in [0.3, 0.4) is 0 Å². The third kappa shape index (κ3) is 8.00. The summed E-state index contributed by atoms with van der Waals surface area (Å²) in [6, 6.07) is 30.9. The van der Waals surface area contributed by atoms with Crippen molar-refractivity contribution in [3.63, 3.8) is 0 Å². The number of rotatable bonds is 16. The van der Waals surface area contributed by atoms with Crippen LogP contribution < -0.4 is 0 Å². The number of ether oxygens (including phenoxy) is 1. The van der Waals surface area contributed by atoms with Crippen molar-refractivity contribution in [3.8, 4) is 0 Å². The Bertz CT molecular complexity index is 1100. The molecule has 0 unspecified atom stereocenters. The summed E-state index contributed by atoms with van der Waals surface area (Å²) >= 11 is 0. The summed E-state index contributed by atoms with van der Waals surface area (Å²) in [5.41, 5.74) is 4.79. The maximum Gasteiger partial charge on any atom is 0.200 e. The van der Waals surface area contributed by atoms with E-state index in [9.17, 15) is 4.79 Å². The zero-order valence-electron chi connectivity index (χ0n) is 25.5. The molecule has 0 amide bonds. The lowest BCUT2D eigenvalue weighted by Gasteiger charge is -2.45. The molecule has 0 radical (unpaired) electrons. The summed E-state index contributed by atoms with van der Waals surface area (Å²) in [5, 5.41) is 0. The van der Waals surface area contributed by atoms with Crippen LogP contribution >= 0.6 is 0 Å². The van der Waals surface area contributed by atoms with Crippen LogP contribution in [0.4, 0.5) is 0 Å². The first-order valence-corrected chi connectivity index (χ1v) is 16.9. The molecular weight excluding hydrogens is 510 g/mol. The van der Waals surface area contributed by atoms with E-state index in [4.69, 9.17) is 9.16 Å².